The van der Waals surface area contributed by atoms with Gasteiger partial charge in [-0.15, -0.1) is 11.8 Å². The van der Waals surface area contributed by atoms with E-state index in [1.807, 2.05) is 11.8 Å². The van der Waals surface area contributed by atoms with Crippen LogP contribution in [0.25, 0.3) is 0 Å². The highest BCUT2D eigenvalue weighted by molar-refractivity contribution is 9.10. The zero-order chi connectivity index (χ0) is 10.5. The second kappa shape index (κ2) is 5.92. The lowest BCUT2D eigenvalue weighted by atomic mass is 10.2. The number of halogens is 1. The summed E-state index contributed by atoms with van der Waals surface area (Å²) in [7, 11) is 0. The fraction of sp³-hybridized carbons (Fsp3) is 0.500. The molecule has 0 amide bonds. The molecule has 2 rings (SSSR count). The van der Waals surface area contributed by atoms with Crippen LogP contribution in [0.5, 0.6) is 0 Å². The van der Waals surface area contributed by atoms with E-state index in [4.69, 9.17) is 0 Å². The summed E-state index contributed by atoms with van der Waals surface area (Å²) in [6, 6.07) is 8.49. The van der Waals surface area contributed by atoms with Gasteiger partial charge in [0.05, 0.1) is 0 Å². The Hall–Kier alpha value is 0.01000. The number of benzene rings is 1. The average Bonchev–Trinajstić information content (AvgIpc) is 2.50. The van der Waals surface area contributed by atoms with Crippen molar-refractivity contribution in [1.82, 2.24) is 5.32 Å². The first-order valence-corrected chi connectivity index (χ1v) is 7.15. The average molecular weight is 286 g/mol. The van der Waals surface area contributed by atoms with E-state index in [9.17, 15) is 0 Å². The van der Waals surface area contributed by atoms with E-state index in [1.165, 1.54) is 35.2 Å². The molecule has 1 N–H and O–H groups in total. The van der Waals surface area contributed by atoms with Crippen LogP contribution in [0.1, 0.15) is 19.3 Å². The monoisotopic (exact) mass is 285 g/mol. The van der Waals surface area contributed by atoms with Gasteiger partial charge < -0.3 is 5.32 Å². The van der Waals surface area contributed by atoms with Gasteiger partial charge in [0.15, 0.2) is 0 Å². The largest absolute Gasteiger partial charge is 0.316 e. The molecule has 0 aliphatic carbocycles. The molecule has 82 valence electrons. The van der Waals surface area contributed by atoms with Gasteiger partial charge in [0.2, 0.25) is 0 Å². The van der Waals surface area contributed by atoms with Crippen molar-refractivity contribution in [1.29, 1.82) is 0 Å². The summed E-state index contributed by atoms with van der Waals surface area (Å²) in [5.74, 6) is 0. The minimum Gasteiger partial charge on any atom is -0.316 e. The van der Waals surface area contributed by atoms with Crippen molar-refractivity contribution in [2.45, 2.75) is 29.4 Å². The second-order valence-corrected chi connectivity index (χ2v) is 6.07. The van der Waals surface area contributed by atoms with E-state index in [0.29, 0.717) is 0 Å². The van der Waals surface area contributed by atoms with Crippen LogP contribution in [0.2, 0.25) is 0 Å². The van der Waals surface area contributed by atoms with Crippen LogP contribution in [-0.4, -0.2) is 18.3 Å². The molecule has 15 heavy (non-hydrogen) atoms. The Morgan fingerprint density at radius 2 is 2.13 bits per heavy atom. The first-order chi connectivity index (χ1) is 7.36. The van der Waals surface area contributed by atoms with Crippen LogP contribution in [-0.2, 0) is 0 Å². The molecule has 1 aromatic rings. The van der Waals surface area contributed by atoms with Gasteiger partial charge >= 0.3 is 0 Å². The van der Waals surface area contributed by atoms with Gasteiger partial charge in [0.25, 0.3) is 0 Å². The van der Waals surface area contributed by atoms with Gasteiger partial charge in [0, 0.05) is 21.2 Å². The maximum atomic E-state index is 3.60. The highest BCUT2D eigenvalue weighted by atomic mass is 79.9. The first kappa shape index (κ1) is 11.5. The summed E-state index contributed by atoms with van der Waals surface area (Å²) in [6.07, 6.45) is 4.02. The number of thioether (sulfide) groups is 1. The molecule has 1 heterocycles. The molecular weight excluding hydrogens is 270 g/mol. The second-order valence-electron chi connectivity index (χ2n) is 3.87. The maximum Gasteiger partial charge on any atom is 0.0311 e. The molecule has 1 nitrogen and oxygen atoms in total. The van der Waals surface area contributed by atoms with E-state index < -0.39 is 0 Å². The summed E-state index contributed by atoms with van der Waals surface area (Å²) < 4.78 is 1.22. The zero-order valence-corrected chi connectivity index (χ0v) is 11.1. The van der Waals surface area contributed by atoms with Crippen LogP contribution < -0.4 is 5.32 Å². The molecule has 1 unspecified atom stereocenters. The third kappa shape index (κ3) is 3.51. The minimum absolute atomic E-state index is 0.728. The predicted octanol–water partition coefficient (Wildman–Crippen LogP) is 3.68. The molecule has 1 fully saturated rings. The molecule has 1 aliphatic rings. The molecule has 1 saturated heterocycles. The van der Waals surface area contributed by atoms with Crippen molar-refractivity contribution < 1.29 is 0 Å². The zero-order valence-electron chi connectivity index (χ0n) is 8.71. The molecule has 3 heteroatoms. The summed E-state index contributed by atoms with van der Waals surface area (Å²) >= 11 is 5.60. The van der Waals surface area contributed by atoms with Crippen molar-refractivity contribution in [2.24, 2.45) is 0 Å². The van der Waals surface area contributed by atoms with Gasteiger partial charge in [-0.1, -0.05) is 18.6 Å². The van der Waals surface area contributed by atoms with Crippen LogP contribution in [0.4, 0.5) is 0 Å². The van der Waals surface area contributed by atoms with Crippen LogP contribution >= 0.6 is 27.7 Å². The molecule has 0 bridgehead atoms. The van der Waals surface area contributed by atoms with Crippen molar-refractivity contribution >= 4 is 27.7 Å². The van der Waals surface area contributed by atoms with Crippen LogP contribution in [0, 0.1) is 0 Å². The Bertz CT molecular complexity index is 308. The lowest BCUT2D eigenvalue weighted by Gasteiger charge is -2.14. The minimum atomic E-state index is 0.728. The van der Waals surface area contributed by atoms with Crippen LogP contribution in [0.15, 0.2) is 33.6 Å². The third-order valence-corrected chi connectivity index (χ3v) is 4.93. The Labute approximate surface area is 104 Å². The lowest BCUT2D eigenvalue weighted by molar-refractivity contribution is 0.706. The standard InChI is InChI=1S/C12H16BrNS/c13-11-6-1-2-7-12(11)15-10-5-3-4-8-14-9-10/h1-2,6-7,10,14H,3-5,8-9H2. The fourth-order valence-corrected chi connectivity index (χ4v) is 3.56. The van der Waals surface area contributed by atoms with Crippen molar-refractivity contribution in [3.63, 3.8) is 0 Å². The maximum absolute atomic E-state index is 3.60. The fourth-order valence-electron chi connectivity index (χ4n) is 1.81. The topological polar surface area (TPSA) is 12.0 Å². The van der Waals surface area contributed by atoms with Crippen molar-refractivity contribution in [3.05, 3.63) is 28.7 Å². The number of rotatable bonds is 2. The van der Waals surface area contributed by atoms with E-state index in [1.54, 1.807) is 0 Å². The molecule has 1 aromatic carbocycles. The Balaban J connectivity index is 1.98. The van der Waals surface area contributed by atoms with E-state index in [0.717, 1.165) is 11.8 Å². The van der Waals surface area contributed by atoms with E-state index in [-0.39, 0.29) is 0 Å². The Morgan fingerprint density at radius 1 is 1.27 bits per heavy atom. The summed E-state index contributed by atoms with van der Waals surface area (Å²) in [4.78, 5) is 1.37. The van der Waals surface area contributed by atoms with E-state index in [2.05, 4.69) is 45.5 Å². The predicted molar refractivity (Wildman–Crippen MR) is 70.5 cm³/mol. The quantitative estimate of drug-likeness (QED) is 0.890. The molecular formula is C12H16BrNS. The number of hydrogen-bond donors (Lipinski definition) is 1. The van der Waals surface area contributed by atoms with Crippen molar-refractivity contribution in [3.8, 4) is 0 Å². The highest BCUT2D eigenvalue weighted by Crippen LogP contribution is 2.32. The summed E-state index contributed by atoms with van der Waals surface area (Å²) in [5.41, 5.74) is 0. The summed E-state index contributed by atoms with van der Waals surface area (Å²) in [6.45, 7) is 2.33. The van der Waals surface area contributed by atoms with Gasteiger partial charge in [-0.25, -0.2) is 0 Å². The SMILES string of the molecule is Brc1ccccc1SC1CCCCNC1. The van der Waals surface area contributed by atoms with Gasteiger partial charge in [0.1, 0.15) is 0 Å². The molecule has 0 spiro atoms. The first-order valence-electron chi connectivity index (χ1n) is 5.48. The van der Waals surface area contributed by atoms with Crippen LogP contribution in [0.3, 0.4) is 0 Å². The molecule has 0 radical (unpaired) electrons. The lowest BCUT2D eigenvalue weighted by Crippen LogP contribution is -2.22. The van der Waals surface area contributed by atoms with Gasteiger partial charge in [-0.2, -0.15) is 0 Å². The Kier molecular flexibility index (Phi) is 4.54. The number of hydrogen-bond acceptors (Lipinski definition) is 2. The van der Waals surface area contributed by atoms with Crippen molar-refractivity contribution in [2.75, 3.05) is 13.1 Å². The Morgan fingerprint density at radius 3 is 3.00 bits per heavy atom. The summed E-state index contributed by atoms with van der Waals surface area (Å²) in [5, 5.41) is 4.23. The highest BCUT2D eigenvalue weighted by Gasteiger charge is 2.13. The van der Waals surface area contributed by atoms with Gasteiger partial charge in [-0.3, -0.25) is 0 Å². The normalized spacial score (nSPS) is 22.3. The van der Waals surface area contributed by atoms with Gasteiger partial charge in [-0.05, 0) is 47.4 Å². The molecule has 1 aliphatic heterocycles. The third-order valence-electron chi connectivity index (χ3n) is 2.63. The number of nitrogens with one attached hydrogen (secondary N) is 1. The smallest absolute Gasteiger partial charge is 0.0311 e. The molecule has 0 aromatic heterocycles. The van der Waals surface area contributed by atoms with E-state index >= 15 is 0 Å². The molecule has 1 atom stereocenters. The molecule has 0 saturated carbocycles.